The highest BCUT2D eigenvalue weighted by Gasteiger charge is 2.17. The zero-order valence-electron chi connectivity index (χ0n) is 10.2. The van der Waals surface area contributed by atoms with Crippen molar-refractivity contribution < 1.29 is 4.79 Å². The highest BCUT2D eigenvalue weighted by atomic mass is 35.5. The predicted octanol–water partition coefficient (Wildman–Crippen LogP) is 2.75. The van der Waals surface area contributed by atoms with Crippen LogP contribution in [0.1, 0.15) is 17.3 Å². The van der Waals surface area contributed by atoms with Crippen LogP contribution in [-0.2, 0) is 0 Å². The lowest BCUT2D eigenvalue weighted by Crippen LogP contribution is -2.36. The fraction of sp³-hybridized carbons (Fsp3) is 0.417. The Kier molecular flexibility index (Phi) is 5.15. The highest BCUT2D eigenvalue weighted by Crippen LogP contribution is 2.21. The number of benzene rings is 1. The van der Waals surface area contributed by atoms with E-state index in [-0.39, 0.29) is 11.9 Å². The minimum Gasteiger partial charge on any atom is -0.398 e. The van der Waals surface area contributed by atoms with Gasteiger partial charge in [0.2, 0.25) is 0 Å². The molecule has 94 valence electrons. The molecule has 0 aliphatic rings. The molecule has 2 N–H and O–H groups in total. The van der Waals surface area contributed by atoms with Crippen molar-refractivity contribution in [3.8, 4) is 0 Å². The standard InChI is InChI=1S/C12H17ClN2OS/c1-8(7-17-3)15(2)12(16)9-4-5-11(14)10(13)6-9/h4-6,8H,7,14H2,1-3H3. The third kappa shape index (κ3) is 3.54. The molecule has 0 aliphatic carbocycles. The molecular weight excluding hydrogens is 256 g/mol. The van der Waals surface area contributed by atoms with Gasteiger partial charge in [0.1, 0.15) is 0 Å². The van der Waals surface area contributed by atoms with Gasteiger partial charge in [-0.25, -0.2) is 0 Å². The number of carbonyl (C=O) groups is 1. The Morgan fingerprint density at radius 2 is 2.24 bits per heavy atom. The van der Waals surface area contributed by atoms with Crippen LogP contribution in [0.15, 0.2) is 18.2 Å². The molecule has 0 saturated carbocycles. The van der Waals surface area contributed by atoms with E-state index in [1.807, 2.05) is 13.2 Å². The summed E-state index contributed by atoms with van der Waals surface area (Å²) in [5.74, 6) is 0.874. The first-order chi connectivity index (χ1) is 7.97. The molecule has 1 amide bonds. The van der Waals surface area contributed by atoms with Crippen LogP contribution in [-0.4, -0.2) is 35.9 Å². The molecule has 0 radical (unpaired) electrons. The first-order valence-electron chi connectivity index (χ1n) is 5.28. The molecule has 1 aromatic carbocycles. The first-order valence-corrected chi connectivity index (χ1v) is 7.05. The number of nitrogens with two attached hydrogens (primary N) is 1. The van der Waals surface area contributed by atoms with Crippen LogP contribution < -0.4 is 5.73 Å². The lowest BCUT2D eigenvalue weighted by Gasteiger charge is -2.24. The van der Waals surface area contributed by atoms with Gasteiger partial charge < -0.3 is 10.6 Å². The summed E-state index contributed by atoms with van der Waals surface area (Å²) in [4.78, 5) is 13.9. The van der Waals surface area contributed by atoms with Gasteiger partial charge in [0.25, 0.3) is 5.91 Å². The summed E-state index contributed by atoms with van der Waals surface area (Å²) in [6.07, 6.45) is 2.02. The third-order valence-electron chi connectivity index (χ3n) is 2.64. The number of nitrogen functional groups attached to an aromatic ring is 1. The van der Waals surface area contributed by atoms with Gasteiger partial charge >= 0.3 is 0 Å². The van der Waals surface area contributed by atoms with E-state index in [2.05, 4.69) is 0 Å². The van der Waals surface area contributed by atoms with Crippen LogP contribution in [0.3, 0.4) is 0 Å². The lowest BCUT2D eigenvalue weighted by molar-refractivity contribution is 0.0757. The van der Waals surface area contributed by atoms with E-state index in [4.69, 9.17) is 17.3 Å². The number of halogens is 1. The second kappa shape index (κ2) is 6.17. The van der Waals surface area contributed by atoms with Crippen molar-refractivity contribution >= 4 is 35.0 Å². The molecule has 0 heterocycles. The Morgan fingerprint density at radius 1 is 1.59 bits per heavy atom. The molecule has 1 aromatic rings. The van der Waals surface area contributed by atoms with Crippen molar-refractivity contribution in [2.45, 2.75) is 13.0 Å². The Hall–Kier alpha value is -0.870. The van der Waals surface area contributed by atoms with Crippen molar-refractivity contribution in [3.63, 3.8) is 0 Å². The Balaban J connectivity index is 2.85. The van der Waals surface area contributed by atoms with Gasteiger partial charge in [-0.2, -0.15) is 11.8 Å². The topological polar surface area (TPSA) is 46.3 Å². The van der Waals surface area contributed by atoms with Gasteiger partial charge in [0, 0.05) is 24.4 Å². The summed E-state index contributed by atoms with van der Waals surface area (Å²) in [5.41, 5.74) is 6.67. The van der Waals surface area contributed by atoms with Crippen molar-refractivity contribution in [3.05, 3.63) is 28.8 Å². The van der Waals surface area contributed by atoms with E-state index in [1.165, 1.54) is 0 Å². The minimum absolute atomic E-state index is 0.0338. The van der Waals surface area contributed by atoms with Crippen LogP contribution in [0.25, 0.3) is 0 Å². The number of thioether (sulfide) groups is 1. The Morgan fingerprint density at radius 3 is 2.76 bits per heavy atom. The van der Waals surface area contributed by atoms with Crippen molar-refractivity contribution in [1.29, 1.82) is 0 Å². The highest BCUT2D eigenvalue weighted by molar-refractivity contribution is 7.98. The Labute approximate surface area is 111 Å². The summed E-state index contributed by atoms with van der Waals surface area (Å²) in [6.45, 7) is 2.02. The first kappa shape index (κ1) is 14.2. The fourth-order valence-electron chi connectivity index (χ4n) is 1.42. The molecule has 0 bridgehead atoms. The summed E-state index contributed by atoms with van der Waals surface area (Å²) >= 11 is 7.62. The van der Waals surface area contributed by atoms with Crippen LogP contribution in [0.4, 0.5) is 5.69 Å². The smallest absolute Gasteiger partial charge is 0.253 e. The zero-order chi connectivity index (χ0) is 13.0. The Bertz CT molecular complexity index is 411. The van der Waals surface area contributed by atoms with Gasteiger partial charge in [0.05, 0.1) is 10.7 Å². The van der Waals surface area contributed by atoms with Crippen LogP contribution >= 0.6 is 23.4 Å². The van der Waals surface area contributed by atoms with Crippen LogP contribution in [0, 0.1) is 0 Å². The molecule has 0 aromatic heterocycles. The van der Waals surface area contributed by atoms with Crippen molar-refractivity contribution in [1.82, 2.24) is 4.90 Å². The summed E-state index contributed by atoms with van der Waals surface area (Å²) in [7, 11) is 1.80. The largest absolute Gasteiger partial charge is 0.398 e. The average molecular weight is 273 g/mol. The number of carbonyl (C=O) groups excluding carboxylic acids is 1. The fourth-order valence-corrected chi connectivity index (χ4v) is 2.30. The molecule has 1 atom stereocenters. The van der Waals surface area contributed by atoms with E-state index in [0.717, 1.165) is 5.75 Å². The van der Waals surface area contributed by atoms with Crippen molar-refractivity contribution in [2.24, 2.45) is 0 Å². The second-order valence-corrected chi connectivity index (χ2v) is 5.27. The molecule has 0 saturated heterocycles. The number of hydrogen-bond donors (Lipinski definition) is 1. The maximum Gasteiger partial charge on any atom is 0.253 e. The molecule has 0 aliphatic heterocycles. The van der Waals surface area contributed by atoms with Crippen molar-refractivity contribution in [2.75, 3.05) is 24.8 Å². The molecule has 0 fully saturated rings. The average Bonchev–Trinajstić information content (AvgIpc) is 2.31. The van der Waals surface area contributed by atoms with Gasteiger partial charge in [-0.3, -0.25) is 4.79 Å². The predicted molar refractivity (Wildman–Crippen MR) is 75.8 cm³/mol. The summed E-state index contributed by atoms with van der Waals surface area (Å²) in [6, 6.07) is 5.16. The molecule has 1 rings (SSSR count). The molecule has 3 nitrogen and oxygen atoms in total. The van der Waals surface area contributed by atoms with E-state index < -0.39 is 0 Å². The lowest BCUT2D eigenvalue weighted by atomic mass is 10.1. The maximum atomic E-state index is 12.1. The molecular formula is C12H17ClN2OS. The normalized spacial score (nSPS) is 12.2. The molecule has 17 heavy (non-hydrogen) atoms. The minimum atomic E-state index is -0.0338. The SMILES string of the molecule is CSCC(C)N(C)C(=O)c1ccc(N)c(Cl)c1. The molecule has 0 spiro atoms. The summed E-state index contributed by atoms with van der Waals surface area (Å²) in [5, 5.41) is 0.418. The number of hydrogen-bond acceptors (Lipinski definition) is 3. The zero-order valence-corrected chi connectivity index (χ0v) is 11.8. The van der Waals surface area contributed by atoms with E-state index in [0.29, 0.717) is 16.3 Å². The number of anilines is 1. The van der Waals surface area contributed by atoms with E-state index in [9.17, 15) is 4.79 Å². The summed E-state index contributed by atoms with van der Waals surface area (Å²) < 4.78 is 0. The van der Waals surface area contributed by atoms with Gasteiger partial charge in [-0.15, -0.1) is 0 Å². The third-order valence-corrected chi connectivity index (χ3v) is 3.78. The molecule has 5 heteroatoms. The van der Waals surface area contributed by atoms with E-state index in [1.54, 1.807) is 41.9 Å². The van der Waals surface area contributed by atoms with Gasteiger partial charge in [-0.1, -0.05) is 11.6 Å². The quantitative estimate of drug-likeness (QED) is 0.858. The number of rotatable bonds is 4. The van der Waals surface area contributed by atoms with Crippen LogP contribution in [0.2, 0.25) is 5.02 Å². The van der Waals surface area contributed by atoms with Gasteiger partial charge in [-0.05, 0) is 31.4 Å². The number of nitrogens with zero attached hydrogens (tertiary/aromatic N) is 1. The molecule has 1 unspecified atom stereocenters. The maximum absolute atomic E-state index is 12.1. The van der Waals surface area contributed by atoms with Gasteiger partial charge in [0.15, 0.2) is 0 Å². The second-order valence-electron chi connectivity index (χ2n) is 3.96. The van der Waals surface area contributed by atoms with E-state index >= 15 is 0 Å². The monoisotopic (exact) mass is 272 g/mol. The van der Waals surface area contributed by atoms with Crippen LogP contribution in [0.5, 0.6) is 0 Å². The number of amides is 1.